The highest BCUT2D eigenvalue weighted by Gasteiger charge is 2.19. The van der Waals surface area contributed by atoms with E-state index in [2.05, 4.69) is 15.6 Å². The summed E-state index contributed by atoms with van der Waals surface area (Å²) in [5.41, 5.74) is 4.24. The second-order valence-electron chi connectivity index (χ2n) is 6.86. The molecule has 1 amide bonds. The van der Waals surface area contributed by atoms with Crippen molar-refractivity contribution in [3.63, 3.8) is 0 Å². The Bertz CT molecular complexity index is 1080. The summed E-state index contributed by atoms with van der Waals surface area (Å²) < 4.78 is 28.6. The molecule has 1 aromatic heterocycles. The van der Waals surface area contributed by atoms with Crippen molar-refractivity contribution < 1.29 is 18.7 Å². The second-order valence-corrected chi connectivity index (χ2v) is 6.86. The van der Waals surface area contributed by atoms with Crippen LogP contribution in [0.2, 0.25) is 0 Å². The molecule has 3 aromatic rings. The zero-order valence-corrected chi connectivity index (χ0v) is 15.4. The first-order valence-corrected chi connectivity index (χ1v) is 9.05. The van der Waals surface area contributed by atoms with Gasteiger partial charge in [-0.1, -0.05) is 6.07 Å². The van der Waals surface area contributed by atoms with Gasteiger partial charge in [-0.3, -0.25) is 4.79 Å². The van der Waals surface area contributed by atoms with Crippen molar-refractivity contribution in [2.24, 2.45) is 0 Å². The SMILES string of the molecule is Cc1nc2cc(F)c(F)cc2n1CC(=O)Nc1ccc(CO)c2c1CCNC2. The maximum atomic E-state index is 13.6. The van der Waals surface area contributed by atoms with Crippen molar-refractivity contribution >= 4 is 22.6 Å². The molecule has 1 aliphatic heterocycles. The molecular weight excluding hydrogens is 366 g/mol. The molecule has 0 atom stereocenters. The summed E-state index contributed by atoms with van der Waals surface area (Å²) in [5.74, 6) is -1.73. The summed E-state index contributed by atoms with van der Waals surface area (Å²) in [7, 11) is 0. The van der Waals surface area contributed by atoms with Crippen LogP contribution in [-0.4, -0.2) is 27.1 Å². The third-order valence-corrected chi connectivity index (χ3v) is 5.11. The highest BCUT2D eigenvalue weighted by Crippen LogP contribution is 2.27. The average Bonchev–Trinajstić information content (AvgIpc) is 2.97. The van der Waals surface area contributed by atoms with Crippen LogP contribution >= 0.6 is 0 Å². The third kappa shape index (κ3) is 3.25. The van der Waals surface area contributed by atoms with E-state index < -0.39 is 11.6 Å². The fraction of sp³-hybridized carbons (Fsp3) is 0.300. The molecule has 2 aromatic carbocycles. The summed E-state index contributed by atoms with van der Waals surface area (Å²) in [6.07, 6.45) is 0.746. The zero-order valence-electron chi connectivity index (χ0n) is 15.4. The first kappa shape index (κ1) is 18.5. The van der Waals surface area contributed by atoms with Gasteiger partial charge in [-0.15, -0.1) is 0 Å². The van der Waals surface area contributed by atoms with Gasteiger partial charge in [0.05, 0.1) is 17.6 Å². The van der Waals surface area contributed by atoms with Gasteiger partial charge in [0.25, 0.3) is 0 Å². The van der Waals surface area contributed by atoms with Crippen LogP contribution in [0.3, 0.4) is 0 Å². The van der Waals surface area contributed by atoms with E-state index >= 15 is 0 Å². The minimum absolute atomic E-state index is 0.0550. The third-order valence-electron chi connectivity index (χ3n) is 5.11. The highest BCUT2D eigenvalue weighted by molar-refractivity contribution is 5.92. The predicted octanol–water partition coefficient (Wildman–Crippen LogP) is 2.40. The van der Waals surface area contributed by atoms with Crippen molar-refractivity contribution in [2.45, 2.75) is 33.0 Å². The molecular formula is C20H20F2N4O2. The molecule has 0 aliphatic carbocycles. The van der Waals surface area contributed by atoms with E-state index in [9.17, 15) is 18.7 Å². The Kier molecular flexibility index (Phi) is 4.82. The number of imidazole rings is 1. The molecule has 0 saturated heterocycles. The van der Waals surface area contributed by atoms with Gasteiger partial charge in [-0.25, -0.2) is 13.8 Å². The summed E-state index contributed by atoms with van der Waals surface area (Å²) in [5, 5.41) is 15.7. The highest BCUT2D eigenvalue weighted by atomic mass is 19.2. The van der Waals surface area contributed by atoms with Gasteiger partial charge in [0.2, 0.25) is 5.91 Å². The number of nitrogens with zero attached hydrogens (tertiary/aromatic N) is 2. The number of hydrogen-bond donors (Lipinski definition) is 3. The number of aryl methyl sites for hydroxylation is 1. The first-order chi connectivity index (χ1) is 13.5. The molecule has 0 spiro atoms. The van der Waals surface area contributed by atoms with Crippen LogP contribution in [0.15, 0.2) is 24.3 Å². The smallest absolute Gasteiger partial charge is 0.244 e. The van der Waals surface area contributed by atoms with Crippen LogP contribution in [0, 0.1) is 18.6 Å². The Morgan fingerprint density at radius 3 is 2.86 bits per heavy atom. The summed E-state index contributed by atoms with van der Waals surface area (Å²) in [4.78, 5) is 16.9. The molecule has 0 bridgehead atoms. The number of fused-ring (bicyclic) bond motifs is 2. The number of carbonyl (C=O) groups excluding carboxylic acids is 1. The minimum atomic E-state index is -0.977. The zero-order chi connectivity index (χ0) is 19.8. The standard InChI is InChI=1S/C20H20F2N4O2/c1-11-24-18-6-15(21)16(22)7-19(18)26(11)9-20(28)25-17-3-2-12(10-27)14-8-23-5-4-13(14)17/h2-3,6-7,23,27H,4-5,8-10H2,1H3,(H,25,28). The minimum Gasteiger partial charge on any atom is -0.392 e. The Morgan fingerprint density at radius 2 is 2.07 bits per heavy atom. The Hall–Kier alpha value is -2.84. The number of halogens is 2. The molecule has 3 N–H and O–H groups in total. The number of nitrogens with one attached hydrogen (secondary N) is 2. The van der Waals surface area contributed by atoms with Gasteiger partial charge >= 0.3 is 0 Å². The molecule has 0 fully saturated rings. The van der Waals surface area contributed by atoms with Gasteiger partial charge < -0.3 is 20.3 Å². The van der Waals surface area contributed by atoms with Crippen molar-refractivity contribution in [3.05, 3.63) is 58.4 Å². The van der Waals surface area contributed by atoms with Crippen molar-refractivity contribution in [3.8, 4) is 0 Å². The lowest BCUT2D eigenvalue weighted by Crippen LogP contribution is -2.27. The van der Waals surface area contributed by atoms with Gasteiger partial charge in [-0.2, -0.15) is 0 Å². The maximum absolute atomic E-state index is 13.6. The summed E-state index contributed by atoms with van der Waals surface area (Å²) in [6, 6.07) is 5.68. The number of aromatic nitrogens is 2. The molecule has 2 heterocycles. The monoisotopic (exact) mass is 386 g/mol. The van der Waals surface area contributed by atoms with E-state index in [1.165, 1.54) is 0 Å². The molecule has 0 unspecified atom stereocenters. The molecule has 0 radical (unpaired) electrons. The van der Waals surface area contributed by atoms with E-state index in [4.69, 9.17) is 0 Å². The van der Waals surface area contributed by atoms with Gasteiger partial charge in [0.1, 0.15) is 12.4 Å². The number of rotatable bonds is 4. The van der Waals surface area contributed by atoms with Crippen LogP contribution < -0.4 is 10.6 Å². The maximum Gasteiger partial charge on any atom is 0.244 e. The molecule has 0 saturated carbocycles. The molecule has 28 heavy (non-hydrogen) atoms. The number of carbonyl (C=O) groups is 1. The van der Waals surface area contributed by atoms with Crippen LogP contribution in [-0.2, 0) is 30.9 Å². The quantitative estimate of drug-likeness (QED) is 0.643. The van der Waals surface area contributed by atoms with Crippen molar-refractivity contribution in [2.75, 3.05) is 11.9 Å². The first-order valence-electron chi connectivity index (χ1n) is 9.05. The van der Waals surface area contributed by atoms with E-state index in [1.54, 1.807) is 23.6 Å². The molecule has 8 heteroatoms. The van der Waals surface area contributed by atoms with Crippen LogP contribution in [0.25, 0.3) is 11.0 Å². The van der Waals surface area contributed by atoms with Gasteiger partial charge in [-0.05, 0) is 42.6 Å². The lowest BCUT2D eigenvalue weighted by atomic mass is 9.94. The predicted molar refractivity (Wildman–Crippen MR) is 101 cm³/mol. The average molecular weight is 386 g/mol. The molecule has 146 valence electrons. The van der Waals surface area contributed by atoms with Crippen molar-refractivity contribution in [1.82, 2.24) is 14.9 Å². The second kappa shape index (κ2) is 7.29. The van der Waals surface area contributed by atoms with E-state index in [0.29, 0.717) is 29.1 Å². The van der Waals surface area contributed by atoms with E-state index in [-0.39, 0.29) is 19.1 Å². The number of aliphatic hydroxyl groups is 1. The number of benzene rings is 2. The largest absolute Gasteiger partial charge is 0.392 e. The van der Waals surface area contributed by atoms with Crippen LogP contribution in [0.5, 0.6) is 0 Å². The Balaban J connectivity index is 1.62. The lowest BCUT2D eigenvalue weighted by Gasteiger charge is -2.23. The molecule has 4 rings (SSSR count). The fourth-order valence-electron chi connectivity index (χ4n) is 3.71. The lowest BCUT2D eigenvalue weighted by molar-refractivity contribution is -0.116. The molecule has 6 nitrogen and oxygen atoms in total. The number of amides is 1. The number of aliphatic hydroxyl groups excluding tert-OH is 1. The van der Waals surface area contributed by atoms with Gasteiger partial charge in [0, 0.05) is 24.4 Å². The number of anilines is 1. The summed E-state index contributed by atoms with van der Waals surface area (Å²) in [6.45, 7) is 3.00. The van der Waals surface area contributed by atoms with Crippen molar-refractivity contribution in [1.29, 1.82) is 0 Å². The fourth-order valence-corrected chi connectivity index (χ4v) is 3.71. The van der Waals surface area contributed by atoms with E-state index in [1.807, 2.05) is 0 Å². The normalized spacial score (nSPS) is 13.6. The summed E-state index contributed by atoms with van der Waals surface area (Å²) >= 11 is 0. The van der Waals surface area contributed by atoms with Crippen LogP contribution in [0.4, 0.5) is 14.5 Å². The Morgan fingerprint density at radius 1 is 1.29 bits per heavy atom. The molecule has 1 aliphatic rings. The topological polar surface area (TPSA) is 79.2 Å². The van der Waals surface area contributed by atoms with Crippen LogP contribution in [0.1, 0.15) is 22.5 Å². The Labute approximate surface area is 160 Å². The number of hydrogen-bond acceptors (Lipinski definition) is 4. The van der Waals surface area contributed by atoms with E-state index in [0.717, 1.165) is 41.8 Å². The van der Waals surface area contributed by atoms with Gasteiger partial charge in [0.15, 0.2) is 11.6 Å².